The Kier molecular flexibility index (Phi) is 4.54. The molecule has 0 saturated carbocycles. The molecule has 0 bridgehead atoms. The van der Waals surface area contributed by atoms with Crippen LogP contribution in [0.5, 0.6) is 0 Å². The van der Waals surface area contributed by atoms with Gasteiger partial charge in [0, 0.05) is 10.3 Å². The van der Waals surface area contributed by atoms with Crippen molar-refractivity contribution in [1.82, 2.24) is 10.3 Å². The average Bonchev–Trinajstić information content (AvgIpc) is 3.25. The van der Waals surface area contributed by atoms with Gasteiger partial charge in [0.15, 0.2) is 10.9 Å². The summed E-state index contributed by atoms with van der Waals surface area (Å²) in [6.45, 7) is 1.89. The monoisotopic (exact) mass is 347 g/mol. The molecule has 118 valence electrons. The maximum absolute atomic E-state index is 11.8. The van der Waals surface area contributed by atoms with Gasteiger partial charge in [0.05, 0.1) is 23.4 Å². The Labute approximate surface area is 140 Å². The van der Waals surface area contributed by atoms with Gasteiger partial charge in [0.1, 0.15) is 0 Å². The van der Waals surface area contributed by atoms with Crippen molar-refractivity contribution in [3.8, 4) is 10.6 Å². The number of thiophene rings is 1. The molecule has 0 fully saturated rings. The molecular weight excluding hydrogens is 334 g/mol. The zero-order valence-electron chi connectivity index (χ0n) is 12.2. The summed E-state index contributed by atoms with van der Waals surface area (Å²) in [6.07, 6.45) is 1.40. The number of hydrogen-bond acceptors (Lipinski definition) is 6. The molecule has 23 heavy (non-hydrogen) atoms. The van der Waals surface area contributed by atoms with Gasteiger partial charge in [-0.15, -0.1) is 22.7 Å². The number of anilines is 1. The Bertz CT molecular complexity index is 821. The predicted molar refractivity (Wildman–Crippen MR) is 89.8 cm³/mol. The van der Waals surface area contributed by atoms with Crippen molar-refractivity contribution in [2.45, 2.75) is 6.92 Å². The fourth-order valence-corrected chi connectivity index (χ4v) is 3.46. The van der Waals surface area contributed by atoms with Crippen molar-refractivity contribution in [1.29, 1.82) is 0 Å². The largest absolute Gasteiger partial charge is 0.459 e. The number of hydrogen-bond donors (Lipinski definition) is 2. The van der Waals surface area contributed by atoms with E-state index in [-0.39, 0.29) is 18.2 Å². The fraction of sp³-hybridized carbons (Fsp3) is 0.133. The highest BCUT2D eigenvalue weighted by molar-refractivity contribution is 7.17. The van der Waals surface area contributed by atoms with Crippen LogP contribution in [0.3, 0.4) is 0 Å². The van der Waals surface area contributed by atoms with Crippen LogP contribution in [0.25, 0.3) is 10.6 Å². The lowest BCUT2D eigenvalue weighted by atomic mass is 10.4. The second-order valence-electron chi connectivity index (χ2n) is 4.66. The van der Waals surface area contributed by atoms with Gasteiger partial charge in [-0.1, -0.05) is 0 Å². The lowest BCUT2D eigenvalue weighted by Gasteiger charge is -2.03. The number of nitrogens with zero attached hydrogens (tertiary/aromatic N) is 1. The third-order valence-corrected chi connectivity index (χ3v) is 4.68. The smallest absolute Gasteiger partial charge is 0.287 e. The van der Waals surface area contributed by atoms with Gasteiger partial charge in [-0.05, 0) is 31.2 Å². The van der Waals surface area contributed by atoms with Crippen molar-refractivity contribution in [2.75, 3.05) is 11.9 Å². The minimum Gasteiger partial charge on any atom is -0.459 e. The third kappa shape index (κ3) is 3.85. The van der Waals surface area contributed by atoms with Crippen LogP contribution in [-0.2, 0) is 4.79 Å². The Morgan fingerprint density at radius 2 is 2.17 bits per heavy atom. The number of furan rings is 1. The van der Waals surface area contributed by atoms with E-state index >= 15 is 0 Å². The zero-order chi connectivity index (χ0) is 16.2. The summed E-state index contributed by atoms with van der Waals surface area (Å²) in [6, 6.07) is 7.17. The topological polar surface area (TPSA) is 84.2 Å². The first-order valence-corrected chi connectivity index (χ1v) is 8.45. The van der Waals surface area contributed by atoms with Gasteiger partial charge >= 0.3 is 0 Å². The Balaban J connectivity index is 1.54. The first kappa shape index (κ1) is 15.4. The lowest BCUT2D eigenvalue weighted by molar-refractivity contribution is -0.115. The van der Waals surface area contributed by atoms with Crippen molar-refractivity contribution >= 4 is 39.6 Å². The standard InChI is InChI=1S/C15H13N3O3S2/c1-9-4-5-12(23-9)10-8-22-15(17-10)18-13(19)7-16-14(20)11-3-2-6-21-11/h2-6,8H,7H2,1H3,(H,16,20)(H,17,18,19). The second kappa shape index (κ2) is 6.76. The van der Waals surface area contributed by atoms with Crippen molar-refractivity contribution in [3.05, 3.63) is 46.5 Å². The van der Waals surface area contributed by atoms with Crippen LogP contribution in [0, 0.1) is 6.92 Å². The molecule has 3 aromatic heterocycles. The van der Waals surface area contributed by atoms with Gasteiger partial charge < -0.3 is 15.1 Å². The van der Waals surface area contributed by atoms with Crippen LogP contribution in [0.15, 0.2) is 40.3 Å². The van der Waals surface area contributed by atoms with Crippen LogP contribution >= 0.6 is 22.7 Å². The van der Waals surface area contributed by atoms with E-state index in [1.165, 1.54) is 28.5 Å². The van der Waals surface area contributed by atoms with Crippen molar-refractivity contribution in [2.24, 2.45) is 0 Å². The number of nitrogens with one attached hydrogen (secondary N) is 2. The molecule has 3 heterocycles. The van der Waals surface area contributed by atoms with E-state index in [9.17, 15) is 9.59 Å². The zero-order valence-corrected chi connectivity index (χ0v) is 13.8. The Morgan fingerprint density at radius 3 is 2.87 bits per heavy atom. The van der Waals surface area contributed by atoms with Crippen molar-refractivity contribution in [3.63, 3.8) is 0 Å². The molecule has 0 aromatic carbocycles. The Morgan fingerprint density at radius 1 is 1.30 bits per heavy atom. The molecule has 8 heteroatoms. The Hall–Kier alpha value is -2.45. The number of aryl methyl sites for hydroxylation is 1. The van der Waals surface area contributed by atoms with Gasteiger partial charge in [0.25, 0.3) is 5.91 Å². The molecule has 6 nitrogen and oxygen atoms in total. The molecule has 0 aliphatic carbocycles. The van der Waals surface area contributed by atoms with E-state index < -0.39 is 5.91 Å². The van der Waals surface area contributed by atoms with Crippen LogP contribution in [0.1, 0.15) is 15.4 Å². The highest BCUT2D eigenvalue weighted by atomic mass is 32.1. The van der Waals surface area contributed by atoms with Crippen molar-refractivity contribution < 1.29 is 14.0 Å². The molecule has 2 N–H and O–H groups in total. The molecule has 3 rings (SSSR count). The molecule has 2 amide bonds. The van der Waals surface area contributed by atoms with Gasteiger partial charge in [-0.2, -0.15) is 0 Å². The van der Waals surface area contributed by atoms with Crippen LogP contribution in [0.4, 0.5) is 5.13 Å². The number of aromatic nitrogens is 1. The SMILES string of the molecule is Cc1ccc(-c2csc(NC(=O)CNC(=O)c3ccco3)n2)s1. The molecule has 0 aliphatic heterocycles. The number of carbonyl (C=O) groups excluding carboxylic acids is 2. The molecule has 0 atom stereocenters. The van der Waals surface area contributed by atoms with E-state index in [1.54, 1.807) is 17.4 Å². The third-order valence-electron chi connectivity index (χ3n) is 2.90. The lowest BCUT2D eigenvalue weighted by Crippen LogP contribution is -2.32. The maximum Gasteiger partial charge on any atom is 0.287 e. The molecule has 3 aromatic rings. The van der Waals surface area contributed by atoms with E-state index in [0.29, 0.717) is 5.13 Å². The fourth-order valence-electron chi connectivity index (χ4n) is 1.84. The summed E-state index contributed by atoms with van der Waals surface area (Å²) in [5.74, 6) is -0.602. The van der Waals surface area contributed by atoms with Gasteiger partial charge in [-0.3, -0.25) is 9.59 Å². The number of thiazole rings is 1. The minimum absolute atomic E-state index is 0.146. The summed E-state index contributed by atoms with van der Waals surface area (Å²) in [7, 11) is 0. The van der Waals surface area contributed by atoms with Gasteiger partial charge in [-0.25, -0.2) is 4.98 Å². The molecule has 0 unspecified atom stereocenters. The molecule has 0 spiro atoms. The quantitative estimate of drug-likeness (QED) is 0.742. The number of amides is 2. The molecule has 0 saturated heterocycles. The second-order valence-corrected chi connectivity index (χ2v) is 6.80. The molecule has 0 radical (unpaired) electrons. The van der Waals surface area contributed by atoms with Crippen LogP contribution < -0.4 is 10.6 Å². The van der Waals surface area contributed by atoms with E-state index in [4.69, 9.17) is 4.42 Å². The normalized spacial score (nSPS) is 10.5. The van der Waals surface area contributed by atoms with E-state index in [0.717, 1.165) is 10.6 Å². The summed E-state index contributed by atoms with van der Waals surface area (Å²) in [4.78, 5) is 30.2. The maximum atomic E-state index is 11.8. The van der Waals surface area contributed by atoms with Crippen LogP contribution in [0.2, 0.25) is 0 Å². The van der Waals surface area contributed by atoms with E-state index in [2.05, 4.69) is 15.6 Å². The summed E-state index contributed by atoms with van der Waals surface area (Å²) in [5.41, 5.74) is 0.836. The first-order chi connectivity index (χ1) is 11.1. The number of carbonyl (C=O) groups is 2. The van der Waals surface area contributed by atoms with Gasteiger partial charge in [0.2, 0.25) is 5.91 Å². The average molecular weight is 347 g/mol. The summed E-state index contributed by atoms with van der Waals surface area (Å²) >= 11 is 3.00. The molecule has 0 aliphatic rings. The van der Waals surface area contributed by atoms with E-state index in [1.807, 2.05) is 24.4 Å². The summed E-state index contributed by atoms with van der Waals surface area (Å²) < 4.78 is 4.95. The molecular formula is C15H13N3O3S2. The summed E-state index contributed by atoms with van der Waals surface area (Å²) in [5, 5.41) is 7.54. The predicted octanol–water partition coefficient (Wildman–Crippen LogP) is 3.14. The number of rotatable bonds is 5. The highest BCUT2D eigenvalue weighted by Gasteiger charge is 2.12. The highest BCUT2D eigenvalue weighted by Crippen LogP contribution is 2.30. The first-order valence-electron chi connectivity index (χ1n) is 6.76. The minimum atomic E-state index is -0.431. The van der Waals surface area contributed by atoms with Crippen LogP contribution in [-0.4, -0.2) is 23.3 Å².